The summed E-state index contributed by atoms with van der Waals surface area (Å²) in [7, 11) is 1.78. The van der Waals surface area contributed by atoms with Crippen LogP contribution in [-0.2, 0) is 13.5 Å². The smallest absolute Gasteiger partial charge is 0.170 e. The zero-order valence-corrected chi connectivity index (χ0v) is 8.42. The summed E-state index contributed by atoms with van der Waals surface area (Å²) in [5, 5.41) is 3.92. The Balaban J connectivity index is 2.15. The number of ketones is 1. The molecule has 0 aliphatic carbocycles. The molecule has 76 valence electrons. The van der Waals surface area contributed by atoms with E-state index in [9.17, 15) is 4.79 Å². The molecule has 0 radical (unpaired) electrons. The first kappa shape index (κ1) is 9.58. The van der Waals surface area contributed by atoms with E-state index in [4.69, 9.17) is 0 Å². The molecular formula is C11H11N3O. The zero-order chi connectivity index (χ0) is 10.7. The third-order valence-electron chi connectivity index (χ3n) is 2.22. The SMILES string of the molecule is Cn1ncnc1CC(=O)c1ccccc1. The topological polar surface area (TPSA) is 47.8 Å². The van der Waals surface area contributed by atoms with Gasteiger partial charge in [0.05, 0.1) is 6.42 Å². The van der Waals surface area contributed by atoms with Crippen LogP contribution in [0.15, 0.2) is 36.7 Å². The Kier molecular flexibility index (Phi) is 2.58. The molecule has 0 atom stereocenters. The summed E-state index contributed by atoms with van der Waals surface area (Å²) in [4.78, 5) is 15.8. The van der Waals surface area contributed by atoms with E-state index in [0.29, 0.717) is 17.8 Å². The highest BCUT2D eigenvalue weighted by Gasteiger charge is 2.09. The van der Waals surface area contributed by atoms with Crippen molar-refractivity contribution in [2.75, 3.05) is 0 Å². The minimum atomic E-state index is 0.0618. The van der Waals surface area contributed by atoms with Crippen LogP contribution in [0.3, 0.4) is 0 Å². The van der Waals surface area contributed by atoms with Crippen molar-refractivity contribution in [2.24, 2.45) is 7.05 Å². The first-order valence-corrected chi connectivity index (χ1v) is 4.68. The van der Waals surface area contributed by atoms with E-state index in [1.54, 1.807) is 23.9 Å². The van der Waals surface area contributed by atoms with Gasteiger partial charge in [0.1, 0.15) is 12.2 Å². The first-order valence-electron chi connectivity index (χ1n) is 4.68. The summed E-state index contributed by atoms with van der Waals surface area (Å²) in [6.07, 6.45) is 1.74. The fourth-order valence-electron chi connectivity index (χ4n) is 1.35. The Bertz CT molecular complexity index is 462. The maximum Gasteiger partial charge on any atom is 0.170 e. The second kappa shape index (κ2) is 4.04. The van der Waals surface area contributed by atoms with E-state index in [-0.39, 0.29) is 5.78 Å². The molecule has 0 amide bonds. The molecule has 0 bridgehead atoms. The van der Waals surface area contributed by atoms with Gasteiger partial charge in [-0.25, -0.2) is 4.98 Å². The summed E-state index contributed by atoms with van der Waals surface area (Å²) in [5.74, 6) is 0.746. The Hall–Kier alpha value is -1.97. The van der Waals surface area contributed by atoms with Gasteiger partial charge in [-0.1, -0.05) is 30.3 Å². The van der Waals surface area contributed by atoms with E-state index in [2.05, 4.69) is 10.1 Å². The Morgan fingerprint density at radius 2 is 2.07 bits per heavy atom. The van der Waals surface area contributed by atoms with Gasteiger partial charge in [-0.3, -0.25) is 9.48 Å². The zero-order valence-electron chi connectivity index (χ0n) is 8.42. The van der Waals surface area contributed by atoms with Crippen LogP contribution in [0.1, 0.15) is 16.2 Å². The van der Waals surface area contributed by atoms with Crippen molar-refractivity contribution in [3.63, 3.8) is 0 Å². The van der Waals surface area contributed by atoms with Gasteiger partial charge in [0.15, 0.2) is 5.78 Å². The van der Waals surface area contributed by atoms with Crippen molar-refractivity contribution >= 4 is 5.78 Å². The van der Waals surface area contributed by atoms with Crippen molar-refractivity contribution in [2.45, 2.75) is 6.42 Å². The summed E-state index contributed by atoms with van der Waals surface area (Å²) in [6.45, 7) is 0. The number of hydrogen-bond acceptors (Lipinski definition) is 3. The fraction of sp³-hybridized carbons (Fsp3) is 0.182. The lowest BCUT2D eigenvalue weighted by molar-refractivity contribution is 0.0989. The molecule has 15 heavy (non-hydrogen) atoms. The summed E-state index contributed by atoms with van der Waals surface area (Å²) in [6, 6.07) is 9.20. The number of nitrogens with zero attached hydrogens (tertiary/aromatic N) is 3. The Morgan fingerprint density at radius 3 is 2.67 bits per heavy atom. The van der Waals surface area contributed by atoms with Gasteiger partial charge in [-0.15, -0.1) is 0 Å². The number of carbonyl (C=O) groups is 1. The molecule has 1 aromatic carbocycles. The van der Waals surface area contributed by atoms with Crippen LogP contribution in [0.5, 0.6) is 0 Å². The first-order chi connectivity index (χ1) is 7.27. The molecule has 0 saturated carbocycles. The molecule has 0 aliphatic heterocycles. The monoisotopic (exact) mass is 201 g/mol. The molecule has 2 aromatic rings. The molecule has 0 aliphatic rings. The van der Waals surface area contributed by atoms with Gasteiger partial charge >= 0.3 is 0 Å². The molecule has 0 spiro atoms. The average Bonchev–Trinajstić information content (AvgIpc) is 2.66. The second-order valence-corrected chi connectivity index (χ2v) is 3.27. The number of Topliss-reactive ketones (excluding diaryl/α,β-unsaturated/α-hetero) is 1. The Morgan fingerprint density at radius 1 is 1.33 bits per heavy atom. The molecule has 0 N–H and O–H groups in total. The summed E-state index contributed by atoms with van der Waals surface area (Å²) >= 11 is 0. The largest absolute Gasteiger partial charge is 0.294 e. The van der Waals surface area contributed by atoms with Gasteiger partial charge in [-0.05, 0) is 0 Å². The van der Waals surface area contributed by atoms with Gasteiger partial charge in [-0.2, -0.15) is 5.10 Å². The number of aryl methyl sites for hydroxylation is 1. The van der Waals surface area contributed by atoms with Crippen LogP contribution in [0.25, 0.3) is 0 Å². The predicted octanol–water partition coefficient (Wildman–Crippen LogP) is 1.24. The number of rotatable bonds is 3. The van der Waals surface area contributed by atoms with Gasteiger partial charge in [0.25, 0.3) is 0 Å². The number of hydrogen-bond donors (Lipinski definition) is 0. The predicted molar refractivity (Wildman–Crippen MR) is 55.5 cm³/mol. The van der Waals surface area contributed by atoms with Gasteiger partial charge in [0, 0.05) is 12.6 Å². The van der Waals surface area contributed by atoms with Crippen molar-refractivity contribution in [1.82, 2.24) is 14.8 Å². The quantitative estimate of drug-likeness (QED) is 0.702. The third kappa shape index (κ3) is 2.10. The maximum atomic E-state index is 11.8. The lowest BCUT2D eigenvalue weighted by Crippen LogP contribution is -2.08. The number of aromatic nitrogens is 3. The number of benzene rings is 1. The highest BCUT2D eigenvalue weighted by Crippen LogP contribution is 2.04. The second-order valence-electron chi connectivity index (χ2n) is 3.27. The highest BCUT2D eigenvalue weighted by molar-refractivity contribution is 5.97. The van der Waals surface area contributed by atoms with Crippen molar-refractivity contribution in [3.8, 4) is 0 Å². The van der Waals surface area contributed by atoms with E-state index in [0.717, 1.165) is 0 Å². The van der Waals surface area contributed by atoms with Crippen molar-refractivity contribution < 1.29 is 4.79 Å². The molecule has 0 unspecified atom stereocenters. The molecule has 1 aromatic heterocycles. The van der Waals surface area contributed by atoms with Crippen LogP contribution < -0.4 is 0 Å². The Labute approximate surface area is 87.6 Å². The van der Waals surface area contributed by atoms with E-state index >= 15 is 0 Å². The average molecular weight is 201 g/mol. The van der Waals surface area contributed by atoms with Gasteiger partial charge < -0.3 is 0 Å². The van der Waals surface area contributed by atoms with Crippen LogP contribution >= 0.6 is 0 Å². The number of carbonyl (C=O) groups excluding carboxylic acids is 1. The standard InChI is InChI=1S/C11H11N3O/c1-14-11(12-8-13-14)7-10(15)9-5-3-2-4-6-9/h2-6,8H,7H2,1H3. The molecule has 4 heteroatoms. The van der Waals surface area contributed by atoms with Gasteiger partial charge in [0.2, 0.25) is 0 Å². The minimum Gasteiger partial charge on any atom is -0.294 e. The summed E-state index contributed by atoms with van der Waals surface area (Å²) in [5.41, 5.74) is 0.709. The van der Waals surface area contributed by atoms with E-state index < -0.39 is 0 Å². The molecule has 2 rings (SSSR count). The normalized spacial score (nSPS) is 10.2. The maximum absolute atomic E-state index is 11.8. The molecular weight excluding hydrogens is 190 g/mol. The lowest BCUT2D eigenvalue weighted by atomic mass is 10.1. The molecule has 0 saturated heterocycles. The van der Waals surface area contributed by atoms with Crippen molar-refractivity contribution in [3.05, 3.63) is 48.0 Å². The van der Waals surface area contributed by atoms with Crippen LogP contribution in [-0.4, -0.2) is 20.5 Å². The molecule has 1 heterocycles. The summed E-state index contributed by atoms with van der Waals surface area (Å²) < 4.78 is 1.61. The highest BCUT2D eigenvalue weighted by atomic mass is 16.1. The molecule has 4 nitrogen and oxygen atoms in total. The van der Waals surface area contributed by atoms with Crippen LogP contribution in [0.2, 0.25) is 0 Å². The molecule has 0 fully saturated rings. The minimum absolute atomic E-state index is 0.0618. The van der Waals surface area contributed by atoms with E-state index in [1.807, 2.05) is 18.2 Å². The fourth-order valence-corrected chi connectivity index (χ4v) is 1.35. The third-order valence-corrected chi connectivity index (χ3v) is 2.22. The van der Waals surface area contributed by atoms with Crippen molar-refractivity contribution in [1.29, 1.82) is 0 Å². The van der Waals surface area contributed by atoms with E-state index in [1.165, 1.54) is 6.33 Å². The van der Waals surface area contributed by atoms with Crippen LogP contribution in [0, 0.1) is 0 Å². The lowest BCUT2D eigenvalue weighted by Gasteiger charge is -1.99. The van der Waals surface area contributed by atoms with Crippen LogP contribution in [0.4, 0.5) is 0 Å².